The Morgan fingerprint density at radius 2 is 2.00 bits per heavy atom. The van der Waals surface area contributed by atoms with Gasteiger partial charge < -0.3 is 5.73 Å². The Morgan fingerprint density at radius 1 is 1.37 bits per heavy atom. The van der Waals surface area contributed by atoms with E-state index in [0.717, 1.165) is 0 Å². The standard InChI is InChI=1S/C12H17ClN2O2S.ClH/c1-8-3-4-10(13)5-12(8)18(16,17)15-6-9(2)11(14)7-15;/h3-5,9,11H,6-7,14H2,1-2H3;1H. The molecule has 1 aliphatic rings. The van der Waals surface area contributed by atoms with Gasteiger partial charge in [0.1, 0.15) is 0 Å². The molecule has 1 saturated heterocycles. The van der Waals surface area contributed by atoms with Crippen LogP contribution in [0.15, 0.2) is 23.1 Å². The van der Waals surface area contributed by atoms with Crippen molar-refractivity contribution < 1.29 is 8.42 Å². The second kappa shape index (κ2) is 5.97. The third-order valence-corrected chi connectivity index (χ3v) is 5.61. The number of hydrogen-bond acceptors (Lipinski definition) is 3. The van der Waals surface area contributed by atoms with Crippen LogP contribution in [-0.2, 0) is 10.0 Å². The van der Waals surface area contributed by atoms with Gasteiger partial charge in [0, 0.05) is 24.2 Å². The van der Waals surface area contributed by atoms with Crippen molar-refractivity contribution in [2.45, 2.75) is 24.8 Å². The Labute approximate surface area is 125 Å². The molecule has 19 heavy (non-hydrogen) atoms. The maximum absolute atomic E-state index is 12.5. The van der Waals surface area contributed by atoms with Gasteiger partial charge in [-0.25, -0.2) is 8.42 Å². The smallest absolute Gasteiger partial charge is 0.243 e. The van der Waals surface area contributed by atoms with Crippen LogP contribution in [0.1, 0.15) is 12.5 Å². The van der Waals surface area contributed by atoms with Crippen molar-refractivity contribution in [3.8, 4) is 0 Å². The van der Waals surface area contributed by atoms with Crippen LogP contribution in [0.25, 0.3) is 0 Å². The summed E-state index contributed by atoms with van der Waals surface area (Å²) in [5, 5.41) is 0.427. The fourth-order valence-corrected chi connectivity index (χ4v) is 4.20. The van der Waals surface area contributed by atoms with Crippen molar-refractivity contribution in [2.75, 3.05) is 13.1 Å². The van der Waals surface area contributed by atoms with Gasteiger partial charge in [0.2, 0.25) is 10.0 Å². The van der Waals surface area contributed by atoms with Gasteiger partial charge in [-0.3, -0.25) is 0 Å². The lowest BCUT2D eigenvalue weighted by Gasteiger charge is -2.17. The number of halogens is 2. The summed E-state index contributed by atoms with van der Waals surface area (Å²) in [5.74, 6) is 0.180. The van der Waals surface area contributed by atoms with Crippen molar-refractivity contribution in [2.24, 2.45) is 11.7 Å². The zero-order valence-electron chi connectivity index (χ0n) is 10.8. The first kappa shape index (κ1) is 16.7. The van der Waals surface area contributed by atoms with Crippen molar-refractivity contribution in [3.05, 3.63) is 28.8 Å². The fraction of sp³-hybridized carbons (Fsp3) is 0.500. The molecule has 1 aliphatic heterocycles. The van der Waals surface area contributed by atoms with Gasteiger partial charge >= 0.3 is 0 Å². The highest BCUT2D eigenvalue weighted by Gasteiger charge is 2.36. The van der Waals surface area contributed by atoms with E-state index in [0.29, 0.717) is 23.7 Å². The van der Waals surface area contributed by atoms with Crippen molar-refractivity contribution in [1.82, 2.24) is 4.31 Å². The number of hydrogen-bond donors (Lipinski definition) is 1. The normalized spacial score (nSPS) is 24.2. The quantitative estimate of drug-likeness (QED) is 0.905. The Kier molecular flexibility index (Phi) is 5.26. The molecule has 2 atom stereocenters. The summed E-state index contributed by atoms with van der Waals surface area (Å²) in [6, 6.07) is 4.81. The van der Waals surface area contributed by atoms with Gasteiger partial charge in [-0.15, -0.1) is 12.4 Å². The number of nitrogens with zero attached hydrogens (tertiary/aromatic N) is 1. The molecule has 0 spiro atoms. The lowest BCUT2D eigenvalue weighted by molar-refractivity contribution is 0.464. The third-order valence-electron chi connectivity index (χ3n) is 3.40. The predicted octanol–water partition coefficient (Wildman–Crippen LogP) is 2.04. The number of sulfonamides is 1. The summed E-state index contributed by atoms with van der Waals surface area (Å²) in [5.41, 5.74) is 6.58. The summed E-state index contributed by atoms with van der Waals surface area (Å²) in [4.78, 5) is 0.274. The Bertz CT molecular complexity index is 553. The number of aryl methyl sites for hydroxylation is 1. The van der Waals surface area contributed by atoms with Crippen LogP contribution in [-0.4, -0.2) is 31.9 Å². The second-order valence-electron chi connectivity index (χ2n) is 4.87. The van der Waals surface area contributed by atoms with Crippen molar-refractivity contribution >= 4 is 34.0 Å². The summed E-state index contributed by atoms with van der Waals surface area (Å²) in [7, 11) is -3.49. The molecular formula is C12H18Cl2N2O2S. The van der Waals surface area contributed by atoms with Crippen LogP contribution in [0.4, 0.5) is 0 Å². The Hall–Kier alpha value is -0.330. The summed E-state index contributed by atoms with van der Waals surface area (Å²) in [6.45, 7) is 4.57. The molecule has 1 aromatic carbocycles. The van der Waals surface area contributed by atoms with Gasteiger partial charge in [-0.2, -0.15) is 4.31 Å². The minimum atomic E-state index is -3.49. The summed E-state index contributed by atoms with van der Waals surface area (Å²) in [6.07, 6.45) is 0. The van der Waals surface area contributed by atoms with Gasteiger partial charge in [-0.05, 0) is 30.5 Å². The molecule has 2 unspecified atom stereocenters. The number of rotatable bonds is 2. The Morgan fingerprint density at radius 3 is 2.53 bits per heavy atom. The van der Waals surface area contributed by atoms with Crippen LogP contribution in [0.2, 0.25) is 5.02 Å². The van der Waals surface area contributed by atoms with Gasteiger partial charge in [0.25, 0.3) is 0 Å². The molecule has 2 rings (SSSR count). The predicted molar refractivity (Wildman–Crippen MR) is 79.3 cm³/mol. The van der Waals surface area contributed by atoms with E-state index in [2.05, 4.69) is 0 Å². The number of nitrogens with two attached hydrogens (primary N) is 1. The summed E-state index contributed by atoms with van der Waals surface area (Å²) >= 11 is 5.88. The highest BCUT2D eigenvalue weighted by Crippen LogP contribution is 2.27. The van der Waals surface area contributed by atoms with Crippen LogP contribution in [0.3, 0.4) is 0 Å². The van der Waals surface area contributed by atoms with E-state index in [4.69, 9.17) is 17.3 Å². The first-order chi connectivity index (χ1) is 8.32. The zero-order valence-corrected chi connectivity index (χ0v) is 13.2. The molecule has 1 heterocycles. The highest BCUT2D eigenvalue weighted by molar-refractivity contribution is 7.89. The lowest BCUT2D eigenvalue weighted by Crippen LogP contribution is -2.32. The van der Waals surface area contributed by atoms with Crippen molar-refractivity contribution in [3.63, 3.8) is 0 Å². The highest BCUT2D eigenvalue weighted by atomic mass is 35.5. The number of benzene rings is 1. The average molecular weight is 325 g/mol. The van der Waals surface area contributed by atoms with Gasteiger partial charge in [0.15, 0.2) is 0 Å². The minimum Gasteiger partial charge on any atom is -0.326 e. The van der Waals surface area contributed by atoms with Gasteiger partial charge in [0.05, 0.1) is 4.90 Å². The molecule has 0 saturated carbocycles. The van der Waals surface area contributed by atoms with Crippen LogP contribution >= 0.6 is 24.0 Å². The molecule has 0 radical (unpaired) electrons. The molecule has 0 aliphatic carbocycles. The molecule has 2 N–H and O–H groups in total. The minimum absolute atomic E-state index is 0. The third kappa shape index (κ3) is 3.23. The maximum atomic E-state index is 12.5. The van der Waals surface area contributed by atoms with E-state index in [9.17, 15) is 8.42 Å². The van der Waals surface area contributed by atoms with Gasteiger partial charge in [-0.1, -0.05) is 24.6 Å². The molecule has 7 heteroatoms. The van der Waals surface area contributed by atoms with E-state index in [1.165, 1.54) is 10.4 Å². The molecule has 108 valence electrons. The van der Waals surface area contributed by atoms with E-state index >= 15 is 0 Å². The lowest BCUT2D eigenvalue weighted by atomic mass is 10.1. The van der Waals surface area contributed by atoms with Crippen LogP contribution < -0.4 is 5.73 Å². The largest absolute Gasteiger partial charge is 0.326 e. The van der Waals surface area contributed by atoms with E-state index in [1.807, 2.05) is 6.92 Å². The molecule has 1 fully saturated rings. The second-order valence-corrected chi connectivity index (χ2v) is 7.22. The molecule has 0 bridgehead atoms. The SMILES string of the molecule is Cc1ccc(Cl)cc1S(=O)(=O)N1CC(C)C(N)C1.Cl. The molecule has 4 nitrogen and oxygen atoms in total. The van der Waals surface area contributed by atoms with E-state index < -0.39 is 10.0 Å². The first-order valence-corrected chi connectivity index (χ1v) is 7.66. The molecule has 0 aromatic heterocycles. The molecule has 1 aromatic rings. The van der Waals surface area contributed by atoms with E-state index in [-0.39, 0.29) is 29.3 Å². The van der Waals surface area contributed by atoms with Crippen LogP contribution in [0.5, 0.6) is 0 Å². The van der Waals surface area contributed by atoms with Crippen LogP contribution in [0, 0.1) is 12.8 Å². The monoisotopic (exact) mass is 324 g/mol. The average Bonchev–Trinajstić information content (AvgIpc) is 2.63. The molecular weight excluding hydrogens is 307 g/mol. The topological polar surface area (TPSA) is 63.4 Å². The van der Waals surface area contributed by atoms with E-state index in [1.54, 1.807) is 19.1 Å². The molecule has 0 amide bonds. The maximum Gasteiger partial charge on any atom is 0.243 e. The zero-order chi connectivity index (χ0) is 13.5. The summed E-state index contributed by atoms with van der Waals surface area (Å²) < 4.78 is 26.5. The first-order valence-electron chi connectivity index (χ1n) is 5.84. The Balaban J connectivity index is 0.00000180. The fourth-order valence-electron chi connectivity index (χ4n) is 2.13. The van der Waals surface area contributed by atoms with Crippen molar-refractivity contribution in [1.29, 1.82) is 0 Å².